The Hall–Kier alpha value is -0.800. The van der Waals surface area contributed by atoms with Crippen molar-refractivity contribution in [2.24, 2.45) is 13.0 Å². The van der Waals surface area contributed by atoms with Crippen LogP contribution in [0.5, 0.6) is 0 Å². The topological polar surface area (TPSA) is 28.4 Å². The molecule has 1 saturated carbocycles. The first-order valence-corrected chi connectivity index (χ1v) is 5.73. The molecule has 15 heavy (non-hydrogen) atoms. The summed E-state index contributed by atoms with van der Waals surface area (Å²) in [6.45, 7) is 3.16. The Morgan fingerprint density at radius 3 is 2.87 bits per heavy atom. The fraction of sp³-hybridized carbons (Fsp3) is 0.667. The molecule has 2 rings (SSSR count). The zero-order chi connectivity index (χ0) is 10.7. The van der Waals surface area contributed by atoms with Crippen molar-refractivity contribution < 1.29 is 5.11 Å². The molecule has 1 aromatic heterocycles. The van der Waals surface area contributed by atoms with Crippen LogP contribution in [0.2, 0.25) is 0 Å². The molecule has 0 amide bonds. The Morgan fingerprint density at radius 2 is 2.33 bits per heavy atom. The third-order valence-electron chi connectivity index (χ3n) is 3.07. The maximum atomic E-state index is 9.02. The molecule has 0 aromatic carbocycles. The molecule has 1 heterocycles. The van der Waals surface area contributed by atoms with Crippen molar-refractivity contribution in [1.82, 2.24) is 9.47 Å². The van der Waals surface area contributed by atoms with Gasteiger partial charge in [-0.2, -0.15) is 0 Å². The van der Waals surface area contributed by atoms with Gasteiger partial charge in [0.05, 0.1) is 6.61 Å². The van der Waals surface area contributed by atoms with Crippen LogP contribution in [0, 0.1) is 5.92 Å². The fourth-order valence-corrected chi connectivity index (χ4v) is 1.93. The van der Waals surface area contributed by atoms with E-state index in [0.29, 0.717) is 0 Å². The molecule has 0 spiro atoms. The van der Waals surface area contributed by atoms with E-state index >= 15 is 0 Å². The summed E-state index contributed by atoms with van der Waals surface area (Å²) in [7, 11) is 2.07. The summed E-state index contributed by atoms with van der Waals surface area (Å²) in [5, 5.41) is 9.02. The maximum Gasteiger partial charge on any atom is 0.0558 e. The lowest BCUT2D eigenvalue weighted by Crippen LogP contribution is -2.29. The van der Waals surface area contributed by atoms with Crippen molar-refractivity contribution in [1.29, 1.82) is 0 Å². The molecule has 0 saturated heterocycles. The van der Waals surface area contributed by atoms with Crippen molar-refractivity contribution >= 4 is 0 Å². The lowest BCUT2D eigenvalue weighted by atomic mass is 10.3. The van der Waals surface area contributed by atoms with Gasteiger partial charge in [0.1, 0.15) is 0 Å². The third kappa shape index (κ3) is 3.08. The van der Waals surface area contributed by atoms with Gasteiger partial charge in [-0.15, -0.1) is 0 Å². The van der Waals surface area contributed by atoms with Crippen LogP contribution in [0.4, 0.5) is 0 Å². The van der Waals surface area contributed by atoms with Crippen LogP contribution >= 0.6 is 0 Å². The van der Waals surface area contributed by atoms with Gasteiger partial charge in [-0.1, -0.05) is 0 Å². The van der Waals surface area contributed by atoms with E-state index in [0.717, 1.165) is 25.6 Å². The highest BCUT2D eigenvalue weighted by molar-refractivity contribution is 5.06. The number of rotatable bonds is 6. The first-order chi connectivity index (χ1) is 7.29. The van der Waals surface area contributed by atoms with Crippen molar-refractivity contribution in [3.8, 4) is 0 Å². The highest BCUT2D eigenvalue weighted by atomic mass is 16.3. The first-order valence-electron chi connectivity index (χ1n) is 5.73. The minimum Gasteiger partial charge on any atom is -0.395 e. The number of hydrogen-bond donors (Lipinski definition) is 1. The second kappa shape index (κ2) is 4.81. The van der Waals surface area contributed by atoms with Crippen LogP contribution in [0.25, 0.3) is 0 Å². The summed E-state index contributed by atoms with van der Waals surface area (Å²) in [4.78, 5) is 2.35. The smallest absolute Gasteiger partial charge is 0.0558 e. The Balaban J connectivity index is 1.89. The van der Waals surface area contributed by atoms with Crippen LogP contribution in [0.15, 0.2) is 18.3 Å². The van der Waals surface area contributed by atoms with Gasteiger partial charge in [0.15, 0.2) is 0 Å². The Kier molecular flexibility index (Phi) is 3.44. The molecule has 1 aliphatic carbocycles. The third-order valence-corrected chi connectivity index (χ3v) is 3.07. The van der Waals surface area contributed by atoms with Crippen LogP contribution in [-0.2, 0) is 13.6 Å². The van der Waals surface area contributed by atoms with Gasteiger partial charge in [0, 0.05) is 38.6 Å². The second-order valence-corrected chi connectivity index (χ2v) is 4.51. The molecule has 0 unspecified atom stereocenters. The molecule has 3 nitrogen and oxygen atoms in total. The summed E-state index contributed by atoms with van der Waals surface area (Å²) in [5.41, 5.74) is 1.32. The molecule has 0 radical (unpaired) electrons. The van der Waals surface area contributed by atoms with Crippen molar-refractivity contribution in [3.05, 3.63) is 24.0 Å². The average Bonchev–Trinajstić information content (AvgIpc) is 2.92. The summed E-state index contributed by atoms with van der Waals surface area (Å²) in [6, 6.07) is 4.22. The number of aliphatic hydroxyl groups excluding tert-OH is 1. The number of nitrogens with zero attached hydrogens (tertiary/aromatic N) is 2. The van der Waals surface area contributed by atoms with Crippen molar-refractivity contribution in [2.75, 3.05) is 19.7 Å². The lowest BCUT2D eigenvalue weighted by molar-refractivity contribution is 0.182. The van der Waals surface area contributed by atoms with Crippen LogP contribution < -0.4 is 0 Å². The van der Waals surface area contributed by atoms with Crippen LogP contribution in [0.3, 0.4) is 0 Å². The highest BCUT2D eigenvalue weighted by Crippen LogP contribution is 2.30. The lowest BCUT2D eigenvalue weighted by Gasteiger charge is -2.21. The van der Waals surface area contributed by atoms with Gasteiger partial charge in [-0.25, -0.2) is 0 Å². The minimum atomic E-state index is 0.261. The van der Waals surface area contributed by atoms with E-state index in [4.69, 9.17) is 5.11 Å². The zero-order valence-corrected chi connectivity index (χ0v) is 9.39. The van der Waals surface area contributed by atoms with E-state index in [2.05, 4.69) is 34.8 Å². The largest absolute Gasteiger partial charge is 0.395 e. The summed E-state index contributed by atoms with van der Waals surface area (Å²) in [5.74, 6) is 0.886. The normalized spacial score (nSPS) is 16.2. The zero-order valence-electron chi connectivity index (χ0n) is 9.39. The van der Waals surface area contributed by atoms with Crippen LogP contribution in [0.1, 0.15) is 18.5 Å². The molecule has 3 heteroatoms. The molecule has 1 fully saturated rings. The molecular formula is C12H20N2O. The number of aliphatic hydroxyl groups is 1. The molecule has 1 aliphatic rings. The van der Waals surface area contributed by atoms with Gasteiger partial charge >= 0.3 is 0 Å². The van der Waals surface area contributed by atoms with E-state index < -0.39 is 0 Å². The first kappa shape index (κ1) is 10.7. The predicted octanol–water partition coefficient (Wildman–Crippen LogP) is 1.23. The molecule has 1 N–H and O–H groups in total. The van der Waals surface area contributed by atoms with Gasteiger partial charge in [-0.3, -0.25) is 4.90 Å². The van der Waals surface area contributed by atoms with Gasteiger partial charge < -0.3 is 9.67 Å². The van der Waals surface area contributed by atoms with Gasteiger partial charge in [0.2, 0.25) is 0 Å². The molecular weight excluding hydrogens is 188 g/mol. The minimum absolute atomic E-state index is 0.261. The van der Waals surface area contributed by atoms with E-state index in [1.165, 1.54) is 18.5 Å². The molecule has 0 bridgehead atoms. The molecule has 0 aliphatic heterocycles. The Morgan fingerprint density at radius 1 is 1.53 bits per heavy atom. The van der Waals surface area contributed by atoms with E-state index in [1.807, 2.05) is 0 Å². The van der Waals surface area contributed by atoms with E-state index in [1.54, 1.807) is 0 Å². The van der Waals surface area contributed by atoms with Crippen LogP contribution in [-0.4, -0.2) is 34.3 Å². The van der Waals surface area contributed by atoms with Crippen molar-refractivity contribution in [2.45, 2.75) is 19.4 Å². The molecule has 1 aromatic rings. The number of aromatic nitrogens is 1. The van der Waals surface area contributed by atoms with Crippen molar-refractivity contribution in [3.63, 3.8) is 0 Å². The number of hydrogen-bond acceptors (Lipinski definition) is 2. The van der Waals surface area contributed by atoms with E-state index in [-0.39, 0.29) is 6.61 Å². The van der Waals surface area contributed by atoms with E-state index in [9.17, 15) is 0 Å². The average molecular weight is 208 g/mol. The Labute approximate surface area is 91.3 Å². The summed E-state index contributed by atoms with van der Waals surface area (Å²) >= 11 is 0. The van der Waals surface area contributed by atoms with Gasteiger partial charge in [-0.05, 0) is 30.9 Å². The van der Waals surface area contributed by atoms with Gasteiger partial charge in [0.25, 0.3) is 0 Å². The standard InChI is InChI=1S/C12H20N2O/c1-13-6-2-3-12(13)10-14(7-8-15)9-11-4-5-11/h2-3,6,11,15H,4-5,7-10H2,1H3. The molecule has 84 valence electrons. The second-order valence-electron chi connectivity index (χ2n) is 4.51. The number of aryl methyl sites for hydroxylation is 1. The Bertz CT molecular complexity index is 304. The predicted molar refractivity (Wildman–Crippen MR) is 60.5 cm³/mol. The quantitative estimate of drug-likeness (QED) is 0.761. The monoisotopic (exact) mass is 208 g/mol. The fourth-order valence-electron chi connectivity index (χ4n) is 1.93. The summed E-state index contributed by atoms with van der Waals surface area (Å²) in [6.07, 6.45) is 4.81. The SMILES string of the molecule is Cn1cccc1CN(CCO)CC1CC1. The highest BCUT2D eigenvalue weighted by Gasteiger charge is 2.24. The summed E-state index contributed by atoms with van der Waals surface area (Å²) < 4.78 is 2.15. The molecule has 0 atom stereocenters. The maximum absolute atomic E-state index is 9.02.